The summed E-state index contributed by atoms with van der Waals surface area (Å²) in [6.45, 7) is -0.423. The second kappa shape index (κ2) is 5.15. The maximum absolute atomic E-state index is 13.2. The topological polar surface area (TPSA) is 57.6 Å². The molecule has 1 aliphatic rings. The number of carboxylic acid groups (broad SMARTS) is 1. The van der Waals surface area contributed by atoms with Gasteiger partial charge in [0.2, 0.25) is 5.91 Å². The molecule has 0 aromatic heterocycles. The Balaban J connectivity index is 2.34. The molecule has 1 aliphatic heterocycles. The summed E-state index contributed by atoms with van der Waals surface area (Å²) >= 11 is 0. The smallest absolute Gasteiger partial charge is 0.413 e. The van der Waals surface area contributed by atoms with Crippen molar-refractivity contribution in [1.82, 2.24) is 4.90 Å². The van der Waals surface area contributed by atoms with Crippen LogP contribution in [-0.2, 0) is 9.59 Å². The highest BCUT2D eigenvalue weighted by molar-refractivity contribution is 5.86. The number of rotatable bonds is 3. The monoisotopic (exact) mass is 287 g/mol. The van der Waals surface area contributed by atoms with Crippen LogP contribution in [0.1, 0.15) is 18.0 Å². The van der Waals surface area contributed by atoms with E-state index < -0.39 is 43.0 Å². The third kappa shape index (κ3) is 2.76. The van der Waals surface area contributed by atoms with Gasteiger partial charge in [-0.3, -0.25) is 9.59 Å². The van der Waals surface area contributed by atoms with Crippen molar-refractivity contribution < 1.29 is 27.9 Å². The summed E-state index contributed by atoms with van der Waals surface area (Å²) < 4.78 is 39.7. The number of benzene rings is 1. The van der Waals surface area contributed by atoms with Gasteiger partial charge in [-0.1, -0.05) is 30.3 Å². The van der Waals surface area contributed by atoms with Gasteiger partial charge in [-0.15, -0.1) is 0 Å². The molecule has 108 valence electrons. The zero-order valence-corrected chi connectivity index (χ0v) is 10.3. The summed E-state index contributed by atoms with van der Waals surface area (Å²) in [4.78, 5) is 23.2. The van der Waals surface area contributed by atoms with Gasteiger partial charge in [-0.25, -0.2) is 0 Å². The molecule has 0 radical (unpaired) electrons. The van der Waals surface area contributed by atoms with E-state index in [2.05, 4.69) is 0 Å². The molecule has 1 aromatic rings. The van der Waals surface area contributed by atoms with Gasteiger partial charge in [0.1, 0.15) is 0 Å². The standard InChI is InChI=1S/C13H12F3NO3/c14-13(15,16)11(8-4-2-1-3-5-8)17-7-9(12(19)20)6-10(17)18/h1-5,9,11H,6-7H2,(H,19,20). The second-order valence-corrected chi connectivity index (χ2v) is 4.64. The minimum Gasteiger partial charge on any atom is -0.481 e. The zero-order chi connectivity index (χ0) is 14.9. The molecule has 2 rings (SSSR count). The molecule has 1 amide bonds. The Labute approximate surface area is 112 Å². The van der Waals surface area contributed by atoms with Gasteiger partial charge in [0.15, 0.2) is 6.04 Å². The predicted octanol–water partition coefficient (Wildman–Crippen LogP) is 2.22. The average Bonchev–Trinajstić information content (AvgIpc) is 2.72. The first-order valence-electron chi connectivity index (χ1n) is 5.94. The number of halogens is 3. The SMILES string of the molecule is O=C(O)C1CC(=O)N(C(c2ccccc2)C(F)(F)F)C1. The van der Waals surface area contributed by atoms with Crippen LogP contribution in [0.4, 0.5) is 13.2 Å². The fourth-order valence-electron chi connectivity index (χ4n) is 2.33. The Morgan fingerprint density at radius 2 is 1.90 bits per heavy atom. The van der Waals surface area contributed by atoms with Crippen molar-refractivity contribution in [3.05, 3.63) is 35.9 Å². The van der Waals surface area contributed by atoms with Crippen molar-refractivity contribution >= 4 is 11.9 Å². The van der Waals surface area contributed by atoms with E-state index in [4.69, 9.17) is 5.11 Å². The summed E-state index contributed by atoms with van der Waals surface area (Å²) in [7, 11) is 0. The van der Waals surface area contributed by atoms with E-state index in [1.165, 1.54) is 24.3 Å². The molecule has 1 heterocycles. The van der Waals surface area contributed by atoms with Crippen molar-refractivity contribution in [2.75, 3.05) is 6.54 Å². The third-order valence-electron chi connectivity index (χ3n) is 3.24. The number of amides is 1. The van der Waals surface area contributed by atoms with E-state index >= 15 is 0 Å². The molecular formula is C13H12F3NO3. The summed E-state index contributed by atoms with van der Waals surface area (Å²) in [5.41, 5.74) is -0.0700. The molecule has 4 nitrogen and oxygen atoms in total. The number of aliphatic carboxylic acids is 1. The van der Waals surface area contributed by atoms with Crippen molar-refractivity contribution in [1.29, 1.82) is 0 Å². The van der Waals surface area contributed by atoms with Crippen LogP contribution in [0.25, 0.3) is 0 Å². The van der Waals surface area contributed by atoms with E-state index in [-0.39, 0.29) is 5.56 Å². The molecule has 1 saturated heterocycles. The molecule has 0 saturated carbocycles. The Hall–Kier alpha value is -2.05. The highest BCUT2D eigenvalue weighted by Crippen LogP contribution is 2.40. The molecule has 0 spiro atoms. The average molecular weight is 287 g/mol. The molecule has 2 unspecified atom stereocenters. The minimum absolute atomic E-state index is 0.0700. The van der Waals surface area contributed by atoms with Crippen molar-refractivity contribution in [2.24, 2.45) is 5.92 Å². The van der Waals surface area contributed by atoms with Crippen LogP contribution in [0.15, 0.2) is 30.3 Å². The molecule has 0 bridgehead atoms. The van der Waals surface area contributed by atoms with Gasteiger partial charge in [0.25, 0.3) is 0 Å². The lowest BCUT2D eigenvalue weighted by Gasteiger charge is -2.30. The van der Waals surface area contributed by atoms with Crippen LogP contribution in [0.3, 0.4) is 0 Å². The number of carboxylic acids is 1. The van der Waals surface area contributed by atoms with Crippen LogP contribution >= 0.6 is 0 Å². The lowest BCUT2D eigenvalue weighted by atomic mass is 10.1. The number of nitrogens with zero attached hydrogens (tertiary/aromatic N) is 1. The predicted molar refractivity (Wildman–Crippen MR) is 62.7 cm³/mol. The molecule has 1 fully saturated rings. The second-order valence-electron chi connectivity index (χ2n) is 4.64. The number of likely N-dealkylation sites (tertiary alicyclic amines) is 1. The van der Waals surface area contributed by atoms with Gasteiger partial charge >= 0.3 is 12.1 Å². The van der Waals surface area contributed by atoms with E-state index in [1.54, 1.807) is 6.07 Å². The lowest BCUT2D eigenvalue weighted by molar-refractivity contribution is -0.189. The molecular weight excluding hydrogens is 275 g/mol. The highest BCUT2D eigenvalue weighted by Gasteiger charge is 2.50. The quantitative estimate of drug-likeness (QED) is 0.927. The summed E-state index contributed by atoms with van der Waals surface area (Å²) in [5, 5.41) is 8.84. The van der Waals surface area contributed by atoms with E-state index in [9.17, 15) is 22.8 Å². The number of carbonyl (C=O) groups excluding carboxylic acids is 1. The number of alkyl halides is 3. The van der Waals surface area contributed by atoms with E-state index in [0.29, 0.717) is 4.90 Å². The highest BCUT2D eigenvalue weighted by atomic mass is 19.4. The van der Waals surface area contributed by atoms with Crippen LogP contribution in [0.5, 0.6) is 0 Å². The van der Waals surface area contributed by atoms with Gasteiger partial charge < -0.3 is 10.0 Å². The van der Waals surface area contributed by atoms with Gasteiger partial charge in [-0.05, 0) is 5.56 Å². The maximum atomic E-state index is 13.2. The zero-order valence-electron chi connectivity index (χ0n) is 10.3. The number of carbonyl (C=O) groups is 2. The normalized spacial score (nSPS) is 21.1. The molecule has 0 aliphatic carbocycles. The molecule has 2 atom stereocenters. The van der Waals surface area contributed by atoms with Crippen LogP contribution < -0.4 is 0 Å². The summed E-state index contributed by atoms with van der Waals surface area (Å²) in [5.74, 6) is -3.13. The molecule has 1 N–H and O–H groups in total. The summed E-state index contributed by atoms with van der Waals surface area (Å²) in [6.07, 6.45) is -5.04. The van der Waals surface area contributed by atoms with E-state index in [1.807, 2.05) is 0 Å². The minimum atomic E-state index is -4.65. The third-order valence-corrected chi connectivity index (χ3v) is 3.24. The van der Waals surface area contributed by atoms with Gasteiger partial charge in [0.05, 0.1) is 5.92 Å². The van der Waals surface area contributed by atoms with E-state index in [0.717, 1.165) is 0 Å². The Bertz CT molecular complexity index is 515. The fraction of sp³-hybridized carbons (Fsp3) is 0.385. The van der Waals surface area contributed by atoms with Crippen LogP contribution in [-0.4, -0.2) is 34.6 Å². The molecule has 1 aromatic carbocycles. The first kappa shape index (κ1) is 14.4. The molecule has 7 heteroatoms. The fourth-order valence-corrected chi connectivity index (χ4v) is 2.33. The Morgan fingerprint density at radius 3 is 2.35 bits per heavy atom. The Kier molecular flexibility index (Phi) is 3.69. The van der Waals surface area contributed by atoms with Crippen LogP contribution in [0.2, 0.25) is 0 Å². The maximum Gasteiger partial charge on any atom is 0.413 e. The number of hydrogen-bond donors (Lipinski definition) is 1. The first-order chi connectivity index (χ1) is 9.30. The van der Waals surface area contributed by atoms with Gasteiger partial charge in [-0.2, -0.15) is 13.2 Å². The summed E-state index contributed by atoms with van der Waals surface area (Å²) in [6, 6.07) is 4.93. The largest absolute Gasteiger partial charge is 0.481 e. The van der Waals surface area contributed by atoms with Crippen molar-refractivity contribution in [2.45, 2.75) is 18.6 Å². The van der Waals surface area contributed by atoms with Crippen LogP contribution in [0, 0.1) is 5.92 Å². The molecule has 20 heavy (non-hydrogen) atoms. The van der Waals surface area contributed by atoms with Gasteiger partial charge in [0, 0.05) is 13.0 Å². The first-order valence-corrected chi connectivity index (χ1v) is 5.94. The number of hydrogen-bond acceptors (Lipinski definition) is 2. The Morgan fingerprint density at radius 1 is 1.30 bits per heavy atom. The van der Waals surface area contributed by atoms with Crippen molar-refractivity contribution in [3.63, 3.8) is 0 Å². The lowest BCUT2D eigenvalue weighted by Crippen LogP contribution is -2.39. The van der Waals surface area contributed by atoms with Crippen molar-refractivity contribution in [3.8, 4) is 0 Å².